The number of unbranched alkanes of at least 4 members (excludes halogenated alkanes) is 1. The second kappa shape index (κ2) is 15.2. The molecule has 0 bridgehead atoms. The molecule has 0 saturated heterocycles. The molecule has 4 aromatic carbocycles. The van der Waals surface area contributed by atoms with Crippen LogP contribution in [0, 0.1) is 39.0 Å². The van der Waals surface area contributed by atoms with Crippen molar-refractivity contribution in [2.45, 2.75) is 133 Å². The molecule has 1 unspecified atom stereocenters. The molecule has 3 heteroatoms. The Bertz CT molecular complexity index is 2120. The molecule has 0 heterocycles. The predicted molar refractivity (Wildman–Crippen MR) is 243 cm³/mol. The van der Waals surface area contributed by atoms with Crippen molar-refractivity contribution in [3.05, 3.63) is 132 Å². The zero-order chi connectivity index (χ0) is 38.2. The molecule has 0 spiro atoms. The fraction of sp³-hybridized carbons (Fsp3) is 0.431. The Labute approximate surface area is 342 Å². The molecule has 1 atom stereocenters. The van der Waals surface area contributed by atoms with Crippen LogP contribution in [0.25, 0.3) is 11.1 Å². The summed E-state index contributed by atoms with van der Waals surface area (Å²) in [5.74, 6) is 0.353. The molecule has 0 N–H and O–H groups in total. The average molecular weight is 843 g/mol. The summed E-state index contributed by atoms with van der Waals surface area (Å²) < 4.78 is 12.2. The SMILES string of the molecule is Cl.Cl.[CH2]=[Zr]([C]1=CC(C(C)(C)C)=CC1CCCC)([c]1ccc(C)cc1)([c]1ccc(C)cc1)[c]1c(C)c(C(C)(C)C)cc2c1Cc1cc(C)c(C(C)(C)C)cc1-2. The number of aryl methyl sites for hydroxylation is 3. The van der Waals surface area contributed by atoms with Crippen LogP contribution in [-0.2, 0) is 35.5 Å². The molecule has 0 aliphatic heterocycles. The molecule has 54 heavy (non-hydrogen) atoms. The molecule has 290 valence electrons. The van der Waals surface area contributed by atoms with Gasteiger partial charge in [0, 0.05) is 0 Å². The predicted octanol–water partition coefficient (Wildman–Crippen LogP) is 13.0. The van der Waals surface area contributed by atoms with Gasteiger partial charge in [0.25, 0.3) is 0 Å². The van der Waals surface area contributed by atoms with Crippen molar-refractivity contribution in [1.82, 2.24) is 0 Å². The number of fused-ring (bicyclic) bond motifs is 3. The molecule has 6 rings (SSSR count). The van der Waals surface area contributed by atoms with Gasteiger partial charge in [0.15, 0.2) is 0 Å². The van der Waals surface area contributed by atoms with Gasteiger partial charge in [-0.3, -0.25) is 0 Å². The normalized spacial score (nSPS) is 15.9. The van der Waals surface area contributed by atoms with Crippen LogP contribution in [0.4, 0.5) is 0 Å². The van der Waals surface area contributed by atoms with Crippen molar-refractivity contribution < 1.29 is 18.3 Å². The quantitative estimate of drug-likeness (QED) is 0.153. The summed E-state index contributed by atoms with van der Waals surface area (Å²) in [4.78, 5) is 0. The topological polar surface area (TPSA) is 0 Å². The molecule has 0 nitrogen and oxygen atoms in total. The van der Waals surface area contributed by atoms with E-state index < -0.39 is 18.3 Å². The first-order valence-corrected chi connectivity index (χ1v) is 26.7. The summed E-state index contributed by atoms with van der Waals surface area (Å²) in [5.41, 5.74) is 15.8. The Morgan fingerprint density at radius 3 is 1.63 bits per heavy atom. The summed E-state index contributed by atoms with van der Waals surface area (Å²) in [6, 6.07) is 27.2. The van der Waals surface area contributed by atoms with E-state index in [2.05, 4.69) is 176 Å². The van der Waals surface area contributed by atoms with Crippen molar-refractivity contribution in [2.75, 3.05) is 0 Å². The number of benzene rings is 4. The zero-order valence-electron chi connectivity index (χ0n) is 35.9. The molecule has 2 aliphatic rings. The van der Waals surface area contributed by atoms with E-state index in [0.29, 0.717) is 5.92 Å². The van der Waals surface area contributed by atoms with Gasteiger partial charge >= 0.3 is 320 Å². The minimum absolute atomic E-state index is 0. The van der Waals surface area contributed by atoms with Gasteiger partial charge in [0.1, 0.15) is 0 Å². The second-order valence-electron chi connectivity index (χ2n) is 19.9. The summed E-state index contributed by atoms with van der Waals surface area (Å²) in [6.07, 6.45) is 9.88. The third-order valence-electron chi connectivity index (χ3n) is 12.8. The van der Waals surface area contributed by atoms with Crippen molar-refractivity contribution in [3.8, 4) is 11.1 Å². The molecule has 0 fully saturated rings. The fourth-order valence-electron chi connectivity index (χ4n) is 10.1. The fourth-order valence-corrected chi connectivity index (χ4v) is 27.4. The van der Waals surface area contributed by atoms with Crippen LogP contribution < -0.4 is 9.81 Å². The van der Waals surface area contributed by atoms with Gasteiger partial charge < -0.3 is 0 Å². The van der Waals surface area contributed by atoms with E-state index in [-0.39, 0.29) is 41.1 Å². The van der Waals surface area contributed by atoms with Gasteiger partial charge in [-0.1, -0.05) is 0 Å². The Morgan fingerprint density at radius 1 is 0.667 bits per heavy atom. The van der Waals surface area contributed by atoms with Crippen molar-refractivity contribution in [3.63, 3.8) is 0 Å². The van der Waals surface area contributed by atoms with Gasteiger partial charge in [-0.25, -0.2) is 0 Å². The van der Waals surface area contributed by atoms with Crippen molar-refractivity contribution in [1.29, 1.82) is 0 Å². The first-order valence-electron chi connectivity index (χ1n) is 20.0. The minimum atomic E-state index is -5.13. The van der Waals surface area contributed by atoms with Crippen LogP contribution in [0.2, 0.25) is 0 Å². The van der Waals surface area contributed by atoms with E-state index in [1.165, 1.54) is 80.6 Å². The van der Waals surface area contributed by atoms with E-state index in [9.17, 15) is 0 Å². The van der Waals surface area contributed by atoms with Crippen molar-refractivity contribution >= 4 is 38.8 Å². The van der Waals surface area contributed by atoms with Gasteiger partial charge in [-0.05, 0) is 0 Å². The van der Waals surface area contributed by atoms with E-state index in [4.69, 9.17) is 4.21 Å². The molecule has 4 aromatic rings. The van der Waals surface area contributed by atoms with Gasteiger partial charge in [0.2, 0.25) is 0 Å². The Kier molecular flexibility index (Phi) is 12.5. The third kappa shape index (κ3) is 7.23. The van der Waals surface area contributed by atoms with Crippen LogP contribution in [0.1, 0.15) is 133 Å². The zero-order valence-corrected chi connectivity index (χ0v) is 40.0. The van der Waals surface area contributed by atoms with E-state index in [1.807, 2.05) is 0 Å². The maximum absolute atomic E-state index is 6.03. The first-order chi connectivity index (χ1) is 24.1. The molecular weight excluding hydrogens is 775 g/mol. The third-order valence-corrected chi connectivity index (χ3v) is 29.5. The number of hydrogen-bond donors (Lipinski definition) is 0. The standard InChI is InChI=1S/C23H29.C13H21.2C7H7.CH2.2ClH.Zr/c1-14-9-16-11-17-10-15(2)21(23(6,7)8)13-19(17)18(16)12-20(14)22(3,4)5;1-5-6-7-11-8-9-12(10-11)13(2,3)4;2*1-7-5-3-2-4-6-7;;;;/h9,12-13H,11H2,1-8H3;9-11H,5-7H2,1-4H3;2*3-6H,1H3;1H2;2*1H;. The van der Waals surface area contributed by atoms with Crippen LogP contribution >= 0.6 is 24.8 Å². The monoisotopic (exact) mass is 840 g/mol. The summed E-state index contributed by atoms with van der Waals surface area (Å²) in [6.45, 7) is 33.1. The molecular formula is C51H68Cl2Zr. The summed E-state index contributed by atoms with van der Waals surface area (Å²) in [7, 11) is 0. The van der Waals surface area contributed by atoms with Gasteiger partial charge in [-0.2, -0.15) is 0 Å². The molecule has 0 amide bonds. The Hall–Kier alpha value is -2.31. The summed E-state index contributed by atoms with van der Waals surface area (Å²) in [5, 5.41) is 0. The Balaban J connectivity index is 0.00000325. The van der Waals surface area contributed by atoms with Crippen LogP contribution in [-0.4, -0.2) is 4.21 Å². The first kappa shape index (κ1) is 44.4. The number of allylic oxidation sites excluding steroid dienone is 4. The number of halogens is 2. The average Bonchev–Trinajstić information content (AvgIpc) is 3.64. The van der Waals surface area contributed by atoms with Crippen molar-refractivity contribution in [2.24, 2.45) is 11.3 Å². The molecule has 0 saturated carbocycles. The maximum atomic E-state index is 6.03. The van der Waals surface area contributed by atoms with E-state index in [1.54, 1.807) is 6.55 Å². The number of hydrogen-bond acceptors (Lipinski definition) is 0. The van der Waals surface area contributed by atoms with E-state index in [0.717, 1.165) is 12.8 Å². The molecule has 0 aromatic heterocycles. The van der Waals surface area contributed by atoms with Crippen LogP contribution in [0.15, 0.2) is 87.7 Å². The van der Waals surface area contributed by atoms with Crippen LogP contribution in [0.5, 0.6) is 0 Å². The summed E-state index contributed by atoms with van der Waals surface area (Å²) >= 11 is -5.13. The van der Waals surface area contributed by atoms with E-state index >= 15 is 0 Å². The van der Waals surface area contributed by atoms with Gasteiger partial charge in [-0.15, -0.1) is 24.8 Å². The van der Waals surface area contributed by atoms with Gasteiger partial charge in [0.05, 0.1) is 0 Å². The van der Waals surface area contributed by atoms with Crippen LogP contribution in [0.3, 0.4) is 0 Å². The molecule has 2 aliphatic carbocycles. The Morgan fingerprint density at radius 2 is 1.17 bits per heavy atom. The number of rotatable bonds is 7. The second-order valence-corrected chi connectivity index (χ2v) is 32.5. The molecule has 0 radical (unpaired) electrons.